The van der Waals surface area contributed by atoms with Crippen LogP contribution in [0.1, 0.15) is 26.4 Å². The lowest BCUT2D eigenvalue weighted by atomic mass is 10.1. The van der Waals surface area contributed by atoms with Gasteiger partial charge in [0.15, 0.2) is 0 Å². The van der Waals surface area contributed by atoms with Crippen LogP contribution < -0.4 is 16.2 Å². The fourth-order valence-electron chi connectivity index (χ4n) is 2.49. The Morgan fingerprint density at radius 3 is 2.57 bits per heavy atom. The maximum atomic E-state index is 13.2. The Bertz CT molecular complexity index is 1090. The standard InChI is InChI=1S/C20H17FN4O3/c1-25-18(26)9-8-17(24-25)20(28)22-12-13-4-2-7-16(10-13)23-19(27)14-5-3-6-15(21)11-14/h2-11H,12H2,1H3,(H,22,28)(H,23,27). The smallest absolute Gasteiger partial charge is 0.271 e. The van der Waals surface area contributed by atoms with Gasteiger partial charge in [-0.3, -0.25) is 14.4 Å². The highest BCUT2D eigenvalue weighted by Crippen LogP contribution is 2.13. The summed E-state index contributed by atoms with van der Waals surface area (Å²) in [5.74, 6) is -1.35. The van der Waals surface area contributed by atoms with Crippen LogP contribution in [-0.2, 0) is 13.6 Å². The van der Waals surface area contributed by atoms with E-state index >= 15 is 0 Å². The summed E-state index contributed by atoms with van der Waals surface area (Å²) in [7, 11) is 1.46. The third-order valence-corrected chi connectivity index (χ3v) is 3.92. The van der Waals surface area contributed by atoms with E-state index < -0.39 is 17.6 Å². The Hall–Kier alpha value is -3.81. The highest BCUT2D eigenvalue weighted by atomic mass is 19.1. The number of carbonyl (C=O) groups is 2. The lowest BCUT2D eigenvalue weighted by molar-refractivity contribution is 0.0942. The van der Waals surface area contributed by atoms with Crippen molar-refractivity contribution in [3.8, 4) is 0 Å². The molecule has 0 bridgehead atoms. The molecule has 142 valence electrons. The van der Waals surface area contributed by atoms with E-state index in [2.05, 4.69) is 15.7 Å². The summed E-state index contributed by atoms with van der Waals surface area (Å²) in [6.45, 7) is 0.201. The van der Waals surface area contributed by atoms with Crippen LogP contribution in [0.25, 0.3) is 0 Å². The summed E-state index contributed by atoms with van der Waals surface area (Å²) in [6, 6.07) is 14.9. The summed E-state index contributed by atoms with van der Waals surface area (Å²) in [5, 5.41) is 9.28. The number of halogens is 1. The molecule has 2 aromatic carbocycles. The molecule has 0 fully saturated rings. The Balaban J connectivity index is 1.64. The van der Waals surface area contributed by atoms with Crippen LogP contribution in [0.15, 0.2) is 65.5 Å². The number of carbonyl (C=O) groups excluding carboxylic acids is 2. The number of nitrogens with zero attached hydrogens (tertiary/aromatic N) is 2. The fourth-order valence-corrected chi connectivity index (χ4v) is 2.49. The topological polar surface area (TPSA) is 93.1 Å². The molecular weight excluding hydrogens is 363 g/mol. The zero-order valence-electron chi connectivity index (χ0n) is 15.0. The van der Waals surface area contributed by atoms with Gasteiger partial charge in [-0.15, -0.1) is 0 Å². The average Bonchev–Trinajstić information content (AvgIpc) is 2.68. The predicted octanol–water partition coefficient (Wildman–Crippen LogP) is 2.10. The van der Waals surface area contributed by atoms with Gasteiger partial charge < -0.3 is 10.6 Å². The van der Waals surface area contributed by atoms with Crippen LogP contribution in [0.3, 0.4) is 0 Å². The monoisotopic (exact) mass is 380 g/mol. The Kier molecular flexibility index (Phi) is 5.59. The van der Waals surface area contributed by atoms with Crippen LogP contribution in [0, 0.1) is 5.82 Å². The van der Waals surface area contributed by atoms with Gasteiger partial charge in [-0.1, -0.05) is 18.2 Å². The van der Waals surface area contributed by atoms with Crippen molar-refractivity contribution >= 4 is 17.5 Å². The van der Waals surface area contributed by atoms with Crippen LogP contribution >= 0.6 is 0 Å². The average molecular weight is 380 g/mol. The van der Waals surface area contributed by atoms with E-state index in [0.29, 0.717) is 5.69 Å². The molecule has 0 saturated carbocycles. The van der Waals surface area contributed by atoms with Gasteiger partial charge in [0, 0.05) is 30.9 Å². The molecule has 0 aliphatic heterocycles. The highest BCUT2D eigenvalue weighted by Gasteiger charge is 2.10. The van der Waals surface area contributed by atoms with E-state index in [1.807, 2.05) is 0 Å². The van der Waals surface area contributed by atoms with E-state index in [0.717, 1.165) is 16.3 Å². The van der Waals surface area contributed by atoms with Crippen molar-refractivity contribution in [2.24, 2.45) is 7.05 Å². The number of anilines is 1. The first-order valence-corrected chi connectivity index (χ1v) is 8.41. The Morgan fingerprint density at radius 1 is 1.04 bits per heavy atom. The number of benzene rings is 2. The predicted molar refractivity (Wildman–Crippen MR) is 101 cm³/mol. The van der Waals surface area contributed by atoms with Crippen molar-refractivity contribution in [3.63, 3.8) is 0 Å². The van der Waals surface area contributed by atoms with Gasteiger partial charge in [0.1, 0.15) is 11.5 Å². The van der Waals surface area contributed by atoms with Crippen molar-refractivity contribution in [1.82, 2.24) is 15.1 Å². The quantitative estimate of drug-likeness (QED) is 0.709. The van der Waals surface area contributed by atoms with Crippen molar-refractivity contribution in [2.45, 2.75) is 6.54 Å². The summed E-state index contributed by atoms with van der Waals surface area (Å²) in [6.07, 6.45) is 0. The van der Waals surface area contributed by atoms with E-state index in [1.54, 1.807) is 24.3 Å². The lowest BCUT2D eigenvalue weighted by Crippen LogP contribution is -2.28. The molecule has 2 N–H and O–H groups in total. The van der Waals surface area contributed by atoms with Gasteiger partial charge in [-0.2, -0.15) is 5.10 Å². The first-order valence-electron chi connectivity index (χ1n) is 8.41. The molecule has 8 heteroatoms. The van der Waals surface area contributed by atoms with Gasteiger partial charge >= 0.3 is 0 Å². The van der Waals surface area contributed by atoms with Crippen LogP contribution in [0.5, 0.6) is 0 Å². The third kappa shape index (κ3) is 4.67. The zero-order chi connectivity index (χ0) is 20.1. The second kappa shape index (κ2) is 8.26. The second-order valence-electron chi connectivity index (χ2n) is 6.03. The van der Waals surface area contributed by atoms with Crippen molar-refractivity contribution < 1.29 is 14.0 Å². The van der Waals surface area contributed by atoms with Gasteiger partial charge in [-0.05, 0) is 42.0 Å². The number of hydrogen-bond acceptors (Lipinski definition) is 4. The first-order chi connectivity index (χ1) is 13.4. The molecule has 1 aromatic heterocycles. The second-order valence-corrected chi connectivity index (χ2v) is 6.03. The lowest BCUT2D eigenvalue weighted by Gasteiger charge is -2.09. The SMILES string of the molecule is Cn1nc(C(=O)NCc2cccc(NC(=O)c3cccc(F)c3)c2)ccc1=O. The van der Waals surface area contributed by atoms with Crippen LogP contribution in [0.4, 0.5) is 10.1 Å². The molecule has 0 spiro atoms. The van der Waals surface area contributed by atoms with Crippen molar-refractivity contribution in [2.75, 3.05) is 5.32 Å². The number of nitrogens with one attached hydrogen (secondary N) is 2. The van der Waals surface area contributed by atoms with Crippen LogP contribution in [-0.4, -0.2) is 21.6 Å². The van der Waals surface area contributed by atoms with Crippen LogP contribution in [0.2, 0.25) is 0 Å². The minimum atomic E-state index is -0.490. The summed E-state index contributed by atoms with van der Waals surface area (Å²) in [5.41, 5.74) is 1.28. The number of hydrogen-bond donors (Lipinski definition) is 2. The highest BCUT2D eigenvalue weighted by molar-refractivity contribution is 6.04. The molecule has 0 atom stereocenters. The molecule has 0 radical (unpaired) electrons. The number of amides is 2. The van der Waals surface area contributed by atoms with Gasteiger partial charge in [0.25, 0.3) is 17.4 Å². The minimum Gasteiger partial charge on any atom is -0.347 e. The molecular formula is C20H17FN4O3. The normalized spacial score (nSPS) is 10.4. The maximum Gasteiger partial charge on any atom is 0.271 e. The first kappa shape index (κ1) is 19.0. The van der Waals surface area contributed by atoms with Gasteiger partial charge in [0.05, 0.1) is 0 Å². The summed E-state index contributed by atoms with van der Waals surface area (Å²) in [4.78, 5) is 35.7. The summed E-state index contributed by atoms with van der Waals surface area (Å²) >= 11 is 0. The molecule has 0 saturated heterocycles. The molecule has 3 aromatic rings. The zero-order valence-corrected chi connectivity index (χ0v) is 15.0. The number of aromatic nitrogens is 2. The minimum absolute atomic E-state index is 0.123. The van der Waals surface area contributed by atoms with E-state index in [-0.39, 0.29) is 23.4 Å². The van der Waals surface area contributed by atoms with Gasteiger partial charge in [-0.25, -0.2) is 9.07 Å². The molecule has 0 aliphatic rings. The Labute approximate surface area is 159 Å². The molecule has 0 aliphatic carbocycles. The molecule has 1 heterocycles. The van der Waals surface area contributed by atoms with Gasteiger partial charge in [0.2, 0.25) is 0 Å². The molecule has 2 amide bonds. The maximum absolute atomic E-state index is 13.2. The van der Waals surface area contributed by atoms with E-state index in [1.165, 1.54) is 37.4 Å². The largest absolute Gasteiger partial charge is 0.347 e. The molecule has 7 nitrogen and oxygen atoms in total. The number of rotatable bonds is 5. The fraction of sp³-hybridized carbons (Fsp3) is 0.100. The molecule has 0 unspecified atom stereocenters. The number of aryl methyl sites for hydroxylation is 1. The molecule has 3 rings (SSSR count). The molecule has 28 heavy (non-hydrogen) atoms. The van der Waals surface area contributed by atoms with Crippen molar-refractivity contribution in [3.05, 3.63) is 93.7 Å². The van der Waals surface area contributed by atoms with E-state index in [9.17, 15) is 18.8 Å². The third-order valence-electron chi connectivity index (χ3n) is 3.92. The van der Waals surface area contributed by atoms with Crippen molar-refractivity contribution in [1.29, 1.82) is 0 Å². The Morgan fingerprint density at radius 2 is 1.82 bits per heavy atom. The summed E-state index contributed by atoms with van der Waals surface area (Å²) < 4.78 is 14.3. The van der Waals surface area contributed by atoms with E-state index in [4.69, 9.17) is 0 Å².